The van der Waals surface area contributed by atoms with Gasteiger partial charge in [0.1, 0.15) is 4.90 Å². The fourth-order valence-corrected chi connectivity index (χ4v) is 3.43. The Labute approximate surface area is 108 Å². The van der Waals surface area contributed by atoms with E-state index in [2.05, 4.69) is 21.6 Å². The third kappa shape index (κ3) is 2.90. The van der Waals surface area contributed by atoms with Crippen molar-refractivity contribution in [3.63, 3.8) is 0 Å². The molecule has 0 spiro atoms. The van der Waals surface area contributed by atoms with Crippen LogP contribution in [0.2, 0.25) is 0 Å². The summed E-state index contributed by atoms with van der Waals surface area (Å²) in [6, 6.07) is 0.321. The molecule has 1 fully saturated rings. The Bertz CT molecular complexity index is 497. The van der Waals surface area contributed by atoms with Crippen molar-refractivity contribution in [2.75, 3.05) is 19.6 Å². The molecular formula is C11H20N4O2S. The van der Waals surface area contributed by atoms with Gasteiger partial charge in [0, 0.05) is 25.8 Å². The van der Waals surface area contributed by atoms with Crippen molar-refractivity contribution in [3.05, 3.63) is 12.4 Å². The van der Waals surface area contributed by atoms with Gasteiger partial charge in [-0.1, -0.05) is 6.92 Å². The summed E-state index contributed by atoms with van der Waals surface area (Å²) >= 11 is 0. The minimum Gasteiger partial charge on any atom is -0.299 e. The molecule has 18 heavy (non-hydrogen) atoms. The molecule has 1 aromatic heterocycles. The Morgan fingerprint density at radius 2 is 2.33 bits per heavy atom. The highest BCUT2D eigenvalue weighted by molar-refractivity contribution is 7.89. The maximum absolute atomic E-state index is 12.0. The number of likely N-dealkylation sites (N-methyl/N-ethyl adjacent to an activating group) is 1. The number of sulfonamides is 1. The van der Waals surface area contributed by atoms with Gasteiger partial charge >= 0.3 is 0 Å². The molecule has 7 heteroatoms. The topological polar surface area (TPSA) is 67.2 Å². The molecule has 0 aromatic carbocycles. The highest BCUT2D eigenvalue weighted by Gasteiger charge is 2.25. The first-order chi connectivity index (χ1) is 8.53. The number of nitrogens with zero attached hydrogens (tertiary/aromatic N) is 3. The van der Waals surface area contributed by atoms with Gasteiger partial charge in [-0.3, -0.25) is 9.58 Å². The van der Waals surface area contributed by atoms with Crippen molar-refractivity contribution in [1.29, 1.82) is 0 Å². The second-order valence-electron chi connectivity index (χ2n) is 4.63. The number of aromatic nitrogens is 2. The Kier molecular flexibility index (Phi) is 4.04. The summed E-state index contributed by atoms with van der Waals surface area (Å²) in [6.07, 6.45) is 5.08. The second-order valence-corrected chi connectivity index (χ2v) is 6.39. The fraction of sp³-hybridized carbons (Fsp3) is 0.727. The number of hydrogen-bond acceptors (Lipinski definition) is 4. The van der Waals surface area contributed by atoms with Crippen LogP contribution in [0, 0.1) is 0 Å². The number of nitrogens with one attached hydrogen (secondary N) is 1. The molecule has 2 rings (SSSR count). The molecule has 1 atom stereocenters. The van der Waals surface area contributed by atoms with Gasteiger partial charge in [0.05, 0.1) is 6.20 Å². The monoisotopic (exact) mass is 272 g/mol. The zero-order valence-corrected chi connectivity index (χ0v) is 11.7. The Balaban J connectivity index is 1.97. The smallest absolute Gasteiger partial charge is 0.243 e. The third-order valence-corrected chi connectivity index (χ3v) is 4.78. The molecular weight excluding hydrogens is 252 g/mol. The molecule has 0 unspecified atom stereocenters. The fourth-order valence-electron chi connectivity index (χ4n) is 2.37. The quantitative estimate of drug-likeness (QED) is 0.830. The molecule has 1 saturated heterocycles. The van der Waals surface area contributed by atoms with Crippen LogP contribution in [0.15, 0.2) is 17.3 Å². The average molecular weight is 272 g/mol. The van der Waals surface area contributed by atoms with Crippen LogP contribution in [-0.2, 0) is 17.1 Å². The third-order valence-electron chi connectivity index (χ3n) is 3.41. The van der Waals surface area contributed by atoms with E-state index in [0.717, 1.165) is 25.9 Å². The van der Waals surface area contributed by atoms with Crippen molar-refractivity contribution < 1.29 is 8.42 Å². The summed E-state index contributed by atoms with van der Waals surface area (Å²) < 4.78 is 28.2. The minimum absolute atomic E-state index is 0.228. The van der Waals surface area contributed by atoms with Crippen LogP contribution in [0.25, 0.3) is 0 Å². The molecule has 0 saturated carbocycles. The molecule has 6 nitrogen and oxygen atoms in total. The van der Waals surface area contributed by atoms with Crippen LogP contribution in [0.3, 0.4) is 0 Å². The highest BCUT2D eigenvalue weighted by atomic mass is 32.2. The van der Waals surface area contributed by atoms with E-state index >= 15 is 0 Å². The second kappa shape index (κ2) is 5.38. The lowest BCUT2D eigenvalue weighted by Gasteiger charge is -2.22. The normalized spacial score (nSPS) is 21.6. The molecule has 0 radical (unpaired) electrons. The first-order valence-electron chi connectivity index (χ1n) is 6.25. The maximum atomic E-state index is 12.0. The number of likely N-dealkylation sites (tertiary alicyclic amines) is 1. The number of aryl methyl sites for hydroxylation is 1. The van der Waals surface area contributed by atoms with E-state index in [-0.39, 0.29) is 4.90 Å². The van der Waals surface area contributed by atoms with Crippen LogP contribution in [0.4, 0.5) is 0 Å². The van der Waals surface area contributed by atoms with Crippen LogP contribution in [-0.4, -0.2) is 48.8 Å². The minimum atomic E-state index is -3.42. The Hall–Kier alpha value is -0.920. The maximum Gasteiger partial charge on any atom is 0.243 e. The van der Waals surface area contributed by atoms with Gasteiger partial charge in [0.15, 0.2) is 0 Å². The van der Waals surface area contributed by atoms with Crippen molar-refractivity contribution in [2.45, 2.75) is 30.7 Å². The summed E-state index contributed by atoms with van der Waals surface area (Å²) in [5.41, 5.74) is 0. The summed E-state index contributed by atoms with van der Waals surface area (Å²) in [6.45, 7) is 4.62. The van der Waals surface area contributed by atoms with Gasteiger partial charge in [0.25, 0.3) is 0 Å². The van der Waals surface area contributed by atoms with Gasteiger partial charge in [-0.05, 0) is 25.9 Å². The molecule has 2 heterocycles. The lowest BCUT2D eigenvalue weighted by Crippen LogP contribution is -2.39. The van der Waals surface area contributed by atoms with Crippen molar-refractivity contribution in [1.82, 2.24) is 19.4 Å². The first kappa shape index (κ1) is 13.5. The Morgan fingerprint density at radius 3 is 2.94 bits per heavy atom. The van der Waals surface area contributed by atoms with Gasteiger partial charge in [-0.2, -0.15) is 5.10 Å². The zero-order chi connectivity index (χ0) is 13.2. The molecule has 1 N–H and O–H groups in total. The first-order valence-corrected chi connectivity index (χ1v) is 7.73. The Morgan fingerprint density at radius 1 is 1.56 bits per heavy atom. The highest BCUT2D eigenvalue weighted by Crippen LogP contribution is 2.16. The van der Waals surface area contributed by atoms with Gasteiger partial charge in [-0.25, -0.2) is 13.1 Å². The van der Waals surface area contributed by atoms with Crippen molar-refractivity contribution >= 4 is 10.0 Å². The van der Waals surface area contributed by atoms with Crippen LogP contribution in [0.5, 0.6) is 0 Å². The lowest BCUT2D eigenvalue weighted by molar-refractivity contribution is 0.268. The van der Waals surface area contributed by atoms with E-state index in [1.54, 1.807) is 7.05 Å². The summed E-state index contributed by atoms with van der Waals surface area (Å²) in [7, 11) is -1.72. The van der Waals surface area contributed by atoms with Gasteiger partial charge < -0.3 is 0 Å². The SMILES string of the molecule is CCN1CCC[C@H]1CNS(=O)(=O)c1cnn(C)c1. The van der Waals surface area contributed by atoms with E-state index in [1.807, 2.05) is 0 Å². The van der Waals surface area contributed by atoms with Gasteiger partial charge in [0.2, 0.25) is 10.0 Å². The summed E-state index contributed by atoms with van der Waals surface area (Å²) in [5.74, 6) is 0. The van der Waals surface area contributed by atoms with Crippen LogP contribution in [0.1, 0.15) is 19.8 Å². The molecule has 102 valence electrons. The average Bonchev–Trinajstić information content (AvgIpc) is 2.94. The summed E-state index contributed by atoms with van der Waals surface area (Å²) in [4.78, 5) is 2.54. The lowest BCUT2D eigenvalue weighted by atomic mass is 10.2. The van der Waals surface area contributed by atoms with Crippen molar-refractivity contribution in [3.8, 4) is 0 Å². The zero-order valence-electron chi connectivity index (χ0n) is 10.8. The van der Waals surface area contributed by atoms with Gasteiger partial charge in [-0.15, -0.1) is 0 Å². The molecule has 1 aliphatic rings. The predicted molar refractivity (Wildman–Crippen MR) is 68.7 cm³/mol. The molecule has 1 aliphatic heterocycles. The molecule has 1 aromatic rings. The number of hydrogen-bond donors (Lipinski definition) is 1. The molecule has 0 bridgehead atoms. The van der Waals surface area contributed by atoms with E-state index in [1.165, 1.54) is 17.1 Å². The number of rotatable bonds is 5. The van der Waals surface area contributed by atoms with Crippen LogP contribution >= 0.6 is 0 Å². The van der Waals surface area contributed by atoms with E-state index in [9.17, 15) is 8.42 Å². The van der Waals surface area contributed by atoms with Crippen LogP contribution < -0.4 is 4.72 Å². The van der Waals surface area contributed by atoms with E-state index < -0.39 is 10.0 Å². The van der Waals surface area contributed by atoms with E-state index in [0.29, 0.717) is 12.6 Å². The predicted octanol–water partition coefficient (Wildman–Crippen LogP) is 0.183. The largest absolute Gasteiger partial charge is 0.299 e. The molecule has 0 aliphatic carbocycles. The summed E-state index contributed by atoms with van der Waals surface area (Å²) in [5, 5.41) is 3.88. The van der Waals surface area contributed by atoms with Crippen molar-refractivity contribution in [2.24, 2.45) is 7.05 Å². The standard InChI is InChI=1S/C11H20N4O2S/c1-3-15-6-4-5-10(15)7-13-18(16,17)11-8-12-14(2)9-11/h8-10,13H,3-7H2,1-2H3/t10-/m0/s1. The molecule has 0 amide bonds. The van der Waals surface area contributed by atoms with E-state index in [4.69, 9.17) is 0 Å².